The Bertz CT molecular complexity index is 605. The van der Waals surface area contributed by atoms with Gasteiger partial charge in [-0.1, -0.05) is 19.9 Å². The first kappa shape index (κ1) is 13.4. The van der Waals surface area contributed by atoms with Crippen LogP contribution in [0.1, 0.15) is 38.0 Å². The number of hydrogen-bond donors (Lipinski definition) is 0. The van der Waals surface area contributed by atoms with Crippen LogP contribution in [0.5, 0.6) is 0 Å². The lowest BCUT2D eigenvalue weighted by molar-refractivity contribution is -0.137. The molecule has 0 aliphatic rings. The van der Waals surface area contributed by atoms with Gasteiger partial charge in [-0.25, -0.2) is 4.79 Å². The highest BCUT2D eigenvalue weighted by molar-refractivity contribution is 5.88. The SMILES string of the molecule is CCOC(=O)C=Cc1cc2cc(C(C)C)ccc2o1. The molecule has 3 nitrogen and oxygen atoms in total. The topological polar surface area (TPSA) is 39.4 Å². The van der Waals surface area contributed by atoms with Crippen molar-refractivity contribution in [2.45, 2.75) is 26.7 Å². The zero-order valence-corrected chi connectivity index (χ0v) is 11.5. The van der Waals surface area contributed by atoms with Gasteiger partial charge in [-0.05, 0) is 42.7 Å². The number of benzene rings is 1. The van der Waals surface area contributed by atoms with Gasteiger partial charge in [0.1, 0.15) is 11.3 Å². The second-order valence-corrected chi connectivity index (χ2v) is 4.69. The largest absolute Gasteiger partial charge is 0.463 e. The Kier molecular flexibility index (Phi) is 4.05. The molecule has 2 aromatic rings. The fourth-order valence-electron chi connectivity index (χ4n) is 1.86. The van der Waals surface area contributed by atoms with Crippen molar-refractivity contribution in [1.82, 2.24) is 0 Å². The van der Waals surface area contributed by atoms with Crippen molar-refractivity contribution in [2.75, 3.05) is 6.61 Å². The quantitative estimate of drug-likeness (QED) is 0.611. The van der Waals surface area contributed by atoms with Crippen LogP contribution in [-0.4, -0.2) is 12.6 Å². The number of rotatable bonds is 4. The van der Waals surface area contributed by atoms with E-state index in [4.69, 9.17) is 9.15 Å². The molecule has 0 saturated carbocycles. The molecule has 0 fully saturated rings. The molecule has 0 aliphatic carbocycles. The fourth-order valence-corrected chi connectivity index (χ4v) is 1.86. The van der Waals surface area contributed by atoms with Gasteiger partial charge in [0.2, 0.25) is 0 Å². The lowest BCUT2D eigenvalue weighted by Gasteiger charge is -2.03. The molecule has 0 atom stereocenters. The Hall–Kier alpha value is -2.03. The van der Waals surface area contributed by atoms with Crippen molar-refractivity contribution in [3.63, 3.8) is 0 Å². The number of esters is 1. The third-order valence-corrected chi connectivity index (χ3v) is 2.90. The molecule has 0 amide bonds. The summed E-state index contributed by atoms with van der Waals surface area (Å²) in [5.74, 6) is 0.785. The maximum absolute atomic E-state index is 11.2. The van der Waals surface area contributed by atoms with Gasteiger partial charge in [0, 0.05) is 11.5 Å². The molecule has 0 radical (unpaired) electrons. The van der Waals surface area contributed by atoms with E-state index in [-0.39, 0.29) is 5.97 Å². The van der Waals surface area contributed by atoms with E-state index in [1.807, 2.05) is 12.1 Å². The summed E-state index contributed by atoms with van der Waals surface area (Å²) < 4.78 is 10.5. The average molecular weight is 258 g/mol. The predicted octanol–water partition coefficient (Wildman–Crippen LogP) is 4.13. The highest BCUT2D eigenvalue weighted by Gasteiger charge is 2.05. The Morgan fingerprint density at radius 2 is 2.16 bits per heavy atom. The summed E-state index contributed by atoms with van der Waals surface area (Å²) in [5.41, 5.74) is 2.10. The maximum Gasteiger partial charge on any atom is 0.330 e. The van der Waals surface area contributed by atoms with E-state index in [0.29, 0.717) is 18.3 Å². The van der Waals surface area contributed by atoms with Gasteiger partial charge in [0.15, 0.2) is 0 Å². The normalized spacial score (nSPS) is 11.6. The van der Waals surface area contributed by atoms with Crippen LogP contribution in [0.25, 0.3) is 17.0 Å². The molecule has 1 aromatic heterocycles. The van der Waals surface area contributed by atoms with Crippen LogP contribution in [-0.2, 0) is 9.53 Å². The summed E-state index contributed by atoms with van der Waals surface area (Å²) in [6.07, 6.45) is 3.01. The van der Waals surface area contributed by atoms with E-state index >= 15 is 0 Å². The Morgan fingerprint density at radius 3 is 2.84 bits per heavy atom. The number of carbonyl (C=O) groups excluding carboxylic acids is 1. The molecular formula is C16H18O3. The number of hydrogen-bond acceptors (Lipinski definition) is 3. The summed E-state index contributed by atoms with van der Waals surface area (Å²) >= 11 is 0. The zero-order chi connectivity index (χ0) is 13.8. The Morgan fingerprint density at radius 1 is 1.37 bits per heavy atom. The standard InChI is InChI=1S/C16H18O3/c1-4-18-16(17)8-6-14-10-13-9-12(11(2)3)5-7-15(13)19-14/h5-11H,4H2,1-3H3. The van der Waals surface area contributed by atoms with E-state index < -0.39 is 0 Å². The summed E-state index contributed by atoms with van der Waals surface area (Å²) in [7, 11) is 0. The highest BCUT2D eigenvalue weighted by Crippen LogP contribution is 2.24. The molecule has 100 valence electrons. The van der Waals surface area contributed by atoms with Gasteiger partial charge in [-0.15, -0.1) is 0 Å². The highest BCUT2D eigenvalue weighted by atomic mass is 16.5. The fraction of sp³-hybridized carbons (Fsp3) is 0.312. The van der Waals surface area contributed by atoms with Gasteiger partial charge in [0.05, 0.1) is 6.61 Å². The van der Waals surface area contributed by atoms with Gasteiger partial charge in [-0.2, -0.15) is 0 Å². The summed E-state index contributed by atoms with van der Waals surface area (Å²) in [6.45, 7) is 6.47. The Balaban J connectivity index is 2.24. The first-order valence-electron chi connectivity index (χ1n) is 6.48. The van der Waals surface area contributed by atoms with E-state index in [1.54, 1.807) is 13.0 Å². The van der Waals surface area contributed by atoms with Crippen molar-refractivity contribution >= 4 is 23.0 Å². The minimum absolute atomic E-state index is 0.356. The first-order chi connectivity index (χ1) is 9.10. The molecule has 19 heavy (non-hydrogen) atoms. The molecule has 2 rings (SSSR count). The molecule has 1 aromatic carbocycles. The second-order valence-electron chi connectivity index (χ2n) is 4.69. The van der Waals surface area contributed by atoms with Crippen LogP contribution in [0, 0.1) is 0 Å². The van der Waals surface area contributed by atoms with Crippen LogP contribution < -0.4 is 0 Å². The molecule has 0 saturated heterocycles. The molecule has 0 unspecified atom stereocenters. The average Bonchev–Trinajstić information content (AvgIpc) is 2.78. The van der Waals surface area contributed by atoms with E-state index in [1.165, 1.54) is 11.6 Å². The van der Waals surface area contributed by atoms with E-state index in [9.17, 15) is 4.79 Å². The minimum atomic E-state index is -0.356. The minimum Gasteiger partial charge on any atom is -0.463 e. The third-order valence-electron chi connectivity index (χ3n) is 2.90. The van der Waals surface area contributed by atoms with Gasteiger partial charge in [-0.3, -0.25) is 0 Å². The number of furan rings is 1. The van der Waals surface area contributed by atoms with Crippen LogP contribution in [0.4, 0.5) is 0 Å². The second kappa shape index (κ2) is 5.74. The number of ether oxygens (including phenoxy) is 1. The predicted molar refractivity (Wildman–Crippen MR) is 76.0 cm³/mol. The summed E-state index contributed by atoms with van der Waals surface area (Å²) in [5, 5.41) is 1.05. The van der Waals surface area contributed by atoms with Gasteiger partial charge in [0.25, 0.3) is 0 Å². The van der Waals surface area contributed by atoms with Crippen molar-refractivity contribution in [1.29, 1.82) is 0 Å². The van der Waals surface area contributed by atoms with Crippen molar-refractivity contribution in [2.24, 2.45) is 0 Å². The van der Waals surface area contributed by atoms with E-state index in [0.717, 1.165) is 11.0 Å². The zero-order valence-electron chi connectivity index (χ0n) is 11.5. The lowest BCUT2D eigenvalue weighted by atomic mass is 10.0. The van der Waals surface area contributed by atoms with Crippen LogP contribution in [0.15, 0.2) is 34.8 Å². The van der Waals surface area contributed by atoms with Crippen molar-refractivity contribution in [3.05, 3.63) is 41.7 Å². The molecule has 1 heterocycles. The molecule has 0 spiro atoms. The van der Waals surface area contributed by atoms with Crippen LogP contribution in [0.2, 0.25) is 0 Å². The monoisotopic (exact) mass is 258 g/mol. The summed E-state index contributed by atoms with van der Waals surface area (Å²) in [4.78, 5) is 11.2. The number of fused-ring (bicyclic) bond motifs is 1. The molecular weight excluding hydrogens is 240 g/mol. The Labute approximate surface area is 112 Å². The third kappa shape index (κ3) is 3.25. The molecule has 3 heteroatoms. The molecule has 0 N–H and O–H groups in total. The summed E-state index contributed by atoms with van der Waals surface area (Å²) in [6, 6.07) is 8.07. The molecule has 0 bridgehead atoms. The van der Waals surface area contributed by atoms with Gasteiger partial charge < -0.3 is 9.15 Å². The van der Waals surface area contributed by atoms with Gasteiger partial charge >= 0.3 is 5.97 Å². The van der Waals surface area contributed by atoms with Crippen LogP contribution in [0.3, 0.4) is 0 Å². The van der Waals surface area contributed by atoms with Crippen molar-refractivity contribution < 1.29 is 13.9 Å². The molecule has 0 aliphatic heterocycles. The smallest absolute Gasteiger partial charge is 0.330 e. The van der Waals surface area contributed by atoms with E-state index in [2.05, 4.69) is 26.0 Å². The lowest BCUT2D eigenvalue weighted by Crippen LogP contribution is -1.98. The van der Waals surface area contributed by atoms with Crippen molar-refractivity contribution in [3.8, 4) is 0 Å². The first-order valence-corrected chi connectivity index (χ1v) is 6.48. The maximum atomic E-state index is 11.2. The van der Waals surface area contributed by atoms with Crippen LogP contribution >= 0.6 is 0 Å². The number of carbonyl (C=O) groups is 1.